The third-order valence-corrected chi connectivity index (χ3v) is 4.54. The third-order valence-electron chi connectivity index (χ3n) is 3.13. The van der Waals surface area contributed by atoms with Crippen molar-refractivity contribution >= 4 is 11.8 Å². The van der Waals surface area contributed by atoms with Crippen LogP contribution in [-0.4, -0.2) is 10.4 Å². The summed E-state index contributed by atoms with van der Waals surface area (Å²) in [6.45, 7) is -0.364. The molecule has 5 heteroatoms. The number of hydrogen-bond donors (Lipinski definition) is 1. The highest BCUT2D eigenvalue weighted by Gasteiger charge is 2.34. The molecule has 0 radical (unpaired) electrons. The summed E-state index contributed by atoms with van der Waals surface area (Å²) in [4.78, 5) is 0.284. The number of hydrogen-bond acceptors (Lipinski definition) is 2. The van der Waals surface area contributed by atoms with Crippen molar-refractivity contribution in [1.82, 2.24) is 0 Å². The summed E-state index contributed by atoms with van der Waals surface area (Å²) in [5, 5.41) is 9.23. The maximum atomic E-state index is 12.9. The minimum absolute atomic E-state index is 0.284. The topological polar surface area (TPSA) is 20.2 Å². The van der Waals surface area contributed by atoms with Gasteiger partial charge in [0.1, 0.15) is 0 Å². The number of aliphatic hydroxyl groups excluding tert-OH is 1. The molecule has 0 saturated heterocycles. The summed E-state index contributed by atoms with van der Waals surface area (Å²) in [7, 11) is 0. The van der Waals surface area contributed by atoms with E-state index in [2.05, 4.69) is 0 Å². The molecule has 0 aliphatic heterocycles. The molecular weight excluding hydrogens is 261 g/mol. The molecule has 2 rings (SSSR count). The van der Waals surface area contributed by atoms with Crippen molar-refractivity contribution in [1.29, 1.82) is 0 Å². The fourth-order valence-electron chi connectivity index (χ4n) is 2.19. The molecule has 1 aliphatic rings. The number of rotatable bonds is 3. The van der Waals surface area contributed by atoms with Crippen molar-refractivity contribution in [3.63, 3.8) is 0 Å². The summed E-state index contributed by atoms with van der Waals surface area (Å²) in [5.41, 5.74) is -0.316. The second-order valence-corrected chi connectivity index (χ2v) is 5.85. The predicted molar refractivity (Wildman–Crippen MR) is 65.5 cm³/mol. The zero-order chi connectivity index (χ0) is 13.2. The van der Waals surface area contributed by atoms with Crippen LogP contribution in [0.15, 0.2) is 23.1 Å². The molecule has 1 nitrogen and oxygen atoms in total. The Balaban J connectivity index is 2.27. The third kappa shape index (κ3) is 3.20. The minimum atomic E-state index is -4.36. The second kappa shape index (κ2) is 5.53. The molecule has 1 aliphatic carbocycles. The molecule has 0 heterocycles. The van der Waals surface area contributed by atoms with Gasteiger partial charge in [0, 0.05) is 10.1 Å². The second-order valence-electron chi connectivity index (χ2n) is 4.51. The average Bonchev–Trinajstić information content (AvgIpc) is 2.81. The molecule has 100 valence electrons. The van der Waals surface area contributed by atoms with E-state index in [9.17, 15) is 13.2 Å². The fourth-order valence-corrected chi connectivity index (χ4v) is 3.56. The first-order valence-corrected chi connectivity index (χ1v) is 6.86. The van der Waals surface area contributed by atoms with Gasteiger partial charge in [-0.25, -0.2) is 0 Å². The van der Waals surface area contributed by atoms with E-state index in [1.165, 1.54) is 17.8 Å². The van der Waals surface area contributed by atoms with Crippen LogP contribution in [0.5, 0.6) is 0 Å². The maximum Gasteiger partial charge on any atom is 0.417 e. The lowest BCUT2D eigenvalue weighted by atomic mass is 10.1. The van der Waals surface area contributed by atoms with Crippen molar-refractivity contribution in [3.05, 3.63) is 29.3 Å². The van der Waals surface area contributed by atoms with Gasteiger partial charge in [-0.05, 0) is 30.5 Å². The summed E-state index contributed by atoms with van der Waals surface area (Å²) in [6.07, 6.45) is -0.166. The zero-order valence-corrected chi connectivity index (χ0v) is 10.7. The van der Waals surface area contributed by atoms with Crippen molar-refractivity contribution in [2.75, 3.05) is 0 Å². The van der Waals surface area contributed by atoms with Crippen molar-refractivity contribution in [2.45, 2.75) is 48.6 Å². The molecule has 1 aromatic carbocycles. The molecule has 0 bridgehead atoms. The van der Waals surface area contributed by atoms with Gasteiger partial charge < -0.3 is 5.11 Å². The first kappa shape index (κ1) is 13.7. The van der Waals surface area contributed by atoms with E-state index in [4.69, 9.17) is 5.11 Å². The normalized spacial score (nSPS) is 17.3. The van der Waals surface area contributed by atoms with Crippen LogP contribution in [-0.2, 0) is 12.8 Å². The van der Waals surface area contributed by atoms with Crippen molar-refractivity contribution in [3.8, 4) is 0 Å². The Bertz CT molecular complexity index is 411. The SMILES string of the molecule is OCc1ccc(SC2CCCC2)c(C(F)(F)F)c1. The van der Waals surface area contributed by atoms with E-state index in [-0.39, 0.29) is 11.5 Å². The van der Waals surface area contributed by atoms with Gasteiger partial charge in [-0.3, -0.25) is 0 Å². The quantitative estimate of drug-likeness (QED) is 0.891. The van der Waals surface area contributed by atoms with E-state index >= 15 is 0 Å². The zero-order valence-electron chi connectivity index (χ0n) is 9.83. The Morgan fingerprint density at radius 1 is 1.22 bits per heavy atom. The summed E-state index contributed by atoms with van der Waals surface area (Å²) in [6, 6.07) is 4.10. The molecule has 1 N–H and O–H groups in total. The minimum Gasteiger partial charge on any atom is -0.392 e. The van der Waals surface area contributed by atoms with Crippen LogP contribution in [0.25, 0.3) is 0 Å². The van der Waals surface area contributed by atoms with Gasteiger partial charge in [0.15, 0.2) is 0 Å². The van der Waals surface area contributed by atoms with Crippen LogP contribution in [0.2, 0.25) is 0 Å². The molecular formula is C13H15F3OS. The van der Waals surface area contributed by atoms with E-state index in [0.717, 1.165) is 31.7 Å². The number of benzene rings is 1. The highest BCUT2D eigenvalue weighted by Crippen LogP contribution is 2.42. The lowest BCUT2D eigenvalue weighted by Crippen LogP contribution is -2.09. The standard InChI is InChI=1S/C13H15F3OS/c14-13(15,16)11-7-9(8-17)5-6-12(11)18-10-3-1-2-4-10/h5-7,10,17H,1-4,8H2. The highest BCUT2D eigenvalue weighted by atomic mass is 32.2. The van der Waals surface area contributed by atoms with E-state index in [1.807, 2.05) is 0 Å². The van der Waals surface area contributed by atoms with Crippen LogP contribution in [0.4, 0.5) is 13.2 Å². The Hall–Kier alpha value is -0.680. The molecule has 1 saturated carbocycles. The summed E-state index contributed by atoms with van der Waals surface area (Å²) < 4.78 is 38.8. The Morgan fingerprint density at radius 2 is 1.89 bits per heavy atom. The van der Waals surface area contributed by atoms with Gasteiger partial charge in [-0.1, -0.05) is 18.9 Å². The summed E-state index contributed by atoms with van der Waals surface area (Å²) in [5.74, 6) is 0. The summed E-state index contributed by atoms with van der Waals surface area (Å²) >= 11 is 1.32. The lowest BCUT2D eigenvalue weighted by molar-refractivity contribution is -0.139. The Labute approximate surface area is 108 Å². The van der Waals surface area contributed by atoms with Crippen molar-refractivity contribution < 1.29 is 18.3 Å². The van der Waals surface area contributed by atoms with Gasteiger partial charge in [0.05, 0.1) is 12.2 Å². The maximum absolute atomic E-state index is 12.9. The predicted octanol–water partition coefficient (Wildman–Crippen LogP) is 4.23. The first-order valence-electron chi connectivity index (χ1n) is 5.98. The van der Waals surface area contributed by atoms with E-state index < -0.39 is 11.7 Å². The monoisotopic (exact) mass is 276 g/mol. The average molecular weight is 276 g/mol. The Morgan fingerprint density at radius 3 is 2.44 bits per heavy atom. The number of halogens is 3. The molecule has 0 amide bonds. The van der Waals surface area contributed by atoms with Gasteiger partial charge in [-0.2, -0.15) is 13.2 Å². The largest absolute Gasteiger partial charge is 0.417 e. The van der Waals surface area contributed by atoms with Gasteiger partial charge in [-0.15, -0.1) is 11.8 Å². The molecule has 1 aromatic rings. The number of aliphatic hydroxyl groups is 1. The van der Waals surface area contributed by atoms with E-state index in [0.29, 0.717) is 10.8 Å². The van der Waals surface area contributed by atoms with E-state index in [1.54, 1.807) is 6.07 Å². The molecule has 0 unspecified atom stereocenters. The number of alkyl halides is 3. The van der Waals surface area contributed by atoms with Gasteiger partial charge in [0.25, 0.3) is 0 Å². The highest BCUT2D eigenvalue weighted by molar-refractivity contribution is 8.00. The molecule has 18 heavy (non-hydrogen) atoms. The molecule has 0 atom stereocenters. The molecule has 1 fully saturated rings. The molecule has 0 aromatic heterocycles. The lowest BCUT2D eigenvalue weighted by Gasteiger charge is -2.16. The van der Waals surface area contributed by atoms with Crippen LogP contribution in [0.3, 0.4) is 0 Å². The Kier molecular flexibility index (Phi) is 4.22. The van der Waals surface area contributed by atoms with Gasteiger partial charge >= 0.3 is 6.18 Å². The fraction of sp³-hybridized carbons (Fsp3) is 0.538. The molecule has 0 spiro atoms. The first-order chi connectivity index (χ1) is 8.50. The number of thioether (sulfide) groups is 1. The van der Waals surface area contributed by atoms with Crippen LogP contribution >= 0.6 is 11.8 Å². The van der Waals surface area contributed by atoms with Crippen LogP contribution < -0.4 is 0 Å². The van der Waals surface area contributed by atoms with Crippen molar-refractivity contribution in [2.24, 2.45) is 0 Å². The van der Waals surface area contributed by atoms with Crippen LogP contribution in [0.1, 0.15) is 36.8 Å². The van der Waals surface area contributed by atoms with Crippen LogP contribution in [0, 0.1) is 0 Å². The smallest absolute Gasteiger partial charge is 0.392 e. The van der Waals surface area contributed by atoms with Gasteiger partial charge in [0.2, 0.25) is 0 Å².